The highest BCUT2D eigenvalue weighted by atomic mass is 79.9. The van der Waals surface area contributed by atoms with Crippen LogP contribution < -0.4 is 5.32 Å². The van der Waals surface area contributed by atoms with Gasteiger partial charge in [-0.15, -0.1) is 0 Å². The SMILES string of the molecule is CCNC(c1cc(Br)ccc1F)c1occc1C. The van der Waals surface area contributed by atoms with Gasteiger partial charge in [0.15, 0.2) is 0 Å². The lowest BCUT2D eigenvalue weighted by molar-refractivity contribution is 0.439. The molecule has 2 nitrogen and oxygen atoms in total. The number of halogens is 2. The summed E-state index contributed by atoms with van der Waals surface area (Å²) in [6.45, 7) is 4.68. The molecule has 0 bridgehead atoms. The lowest BCUT2D eigenvalue weighted by Gasteiger charge is -2.18. The summed E-state index contributed by atoms with van der Waals surface area (Å²) in [5.74, 6) is 0.522. The van der Waals surface area contributed by atoms with Crippen molar-refractivity contribution in [3.05, 3.63) is 57.7 Å². The van der Waals surface area contributed by atoms with E-state index in [0.29, 0.717) is 5.56 Å². The van der Waals surface area contributed by atoms with Crippen LogP contribution in [0.25, 0.3) is 0 Å². The molecule has 1 atom stereocenters. The van der Waals surface area contributed by atoms with Gasteiger partial charge in [0.1, 0.15) is 11.6 Å². The Balaban J connectivity index is 2.48. The smallest absolute Gasteiger partial charge is 0.128 e. The van der Waals surface area contributed by atoms with E-state index >= 15 is 0 Å². The Morgan fingerprint density at radius 2 is 2.17 bits per heavy atom. The molecule has 18 heavy (non-hydrogen) atoms. The third-order valence-electron chi connectivity index (χ3n) is 2.84. The van der Waals surface area contributed by atoms with Crippen molar-refractivity contribution in [2.75, 3.05) is 6.54 Å². The molecule has 96 valence electrons. The van der Waals surface area contributed by atoms with E-state index < -0.39 is 0 Å². The van der Waals surface area contributed by atoms with E-state index in [1.807, 2.05) is 19.9 Å². The fraction of sp³-hybridized carbons (Fsp3) is 0.286. The van der Waals surface area contributed by atoms with Gasteiger partial charge in [0.2, 0.25) is 0 Å². The van der Waals surface area contributed by atoms with Crippen molar-refractivity contribution in [1.82, 2.24) is 5.32 Å². The minimum atomic E-state index is -0.262. The first-order chi connectivity index (χ1) is 8.63. The van der Waals surface area contributed by atoms with E-state index in [9.17, 15) is 4.39 Å². The van der Waals surface area contributed by atoms with Crippen LogP contribution >= 0.6 is 15.9 Å². The molecule has 0 spiro atoms. The van der Waals surface area contributed by atoms with E-state index in [-0.39, 0.29) is 11.9 Å². The van der Waals surface area contributed by atoms with Crippen LogP contribution in [0.2, 0.25) is 0 Å². The van der Waals surface area contributed by atoms with Gasteiger partial charge in [-0.1, -0.05) is 22.9 Å². The number of hydrogen-bond acceptors (Lipinski definition) is 2. The van der Waals surface area contributed by atoms with E-state index in [4.69, 9.17) is 4.42 Å². The van der Waals surface area contributed by atoms with Gasteiger partial charge in [0.05, 0.1) is 12.3 Å². The average Bonchev–Trinajstić information content (AvgIpc) is 2.76. The van der Waals surface area contributed by atoms with Crippen LogP contribution in [0.3, 0.4) is 0 Å². The molecular formula is C14H15BrFNO. The molecule has 1 heterocycles. The first kappa shape index (κ1) is 13.3. The molecule has 1 unspecified atom stereocenters. The Morgan fingerprint density at radius 3 is 2.78 bits per heavy atom. The predicted octanol–water partition coefficient (Wildman–Crippen LogP) is 4.19. The maximum atomic E-state index is 14.0. The largest absolute Gasteiger partial charge is 0.467 e. The second-order valence-electron chi connectivity index (χ2n) is 4.12. The number of furan rings is 1. The van der Waals surface area contributed by atoms with Crippen LogP contribution in [-0.2, 0) is 0 Å². The monoisotopic (exact) mass is 311 g/mol. The Morgan fingerprint density at radius 1 is 1.39 bits per heavy atom. The van der Waals surface area contributed by atoms with Gasteiger partial charge in [-0.2, -0.15) is 0 Å². The number of benzene rings is 1. The second kappa shape index (κ2) is 5.67. The standard InChI is InChI=1S/C14H15BrFNO/c1-3-17-13(14-9(2)6-7-18-14)11-8-10(15)4-5-12(11)16/h4-8,13,17H,3H2,1-2H3. The lowest BCUT2D eigenvalue weighted by Crippen LogP contribution is -2.23. The van der Waals surface area contributed by atoms with Crippen LogP contribution in [-0.4, -0.2) is 6.54 Å². The maximum absolute atomic E-state index is 14.0. The van der Waals surface area contributed by atoms with Gasteiger partial charge in [0, 0.05) is 10.0 Å². The summed E-state index contributed by atoms with van der Waals surface area (Å²) < 4.78 is 20.3. The van der Waals surface area contributed by atoms with E-state index in [2.05, 4.69) is 21.2 Å². The Bertz CT molecular complexity index is 538. The molecule has 0 saturated heterocycles. The molecule has 0 aliphatic carbocycles. The molecule has 0 saturated carbocycles. The maximum Gasteiger partial charge on any atom is 0.128 e. The molecular weight excluding hydrogens is 297 g/mol. The molecule has 0 aliphatic heterocycles. The quantitative estimate of drug-likeness (QED) is 0.916. The number of rotatable bonds is 4. The van der Waals surface area contributed by atoms with Crippen LogP contribution in [0.1, 0.15) is 29.9 Å². The number of nitrogens with one attached hydrogen (secondary N) is 1. The Hall–Kier alpha value is -1.13. The first-order valence-electron chi connectivity index (χ1n) is 5.85. The zero-order chi connectivity index (χ0) is 13.1. The summed E-state index contributed by atoms with van der Waals surface area (Å²) in [6, 6.07) is 6.56. The van der Waals surface area contributed by atoms with E-state index in [0.717, 1.165) is 22.3 Å². The van der Waals surface area contributed by atoms with Gasteiger partial charge < -0.3 is 9.73 Å². The number of hydrogen-bond donors (Lipinski definition) is 1. The molecule has 1 aromatic heterocycles. The summed E-state index contributed by atoms with van der Waals surface area (Å²) in [7, 11) is 0. The molecule has 2 aromatic rings. The third-order valence-corrected chi connectivity index (χ3v) is 3.33. The highest BCUT2D eigenvalue weighted by Gasteiger charge is 2.21. The summed E-state index contributed by atoms with van der Waals surface area (Å²) >= 11 is 3.37. The molecule has 2 rings (SSSR count). The molecule has 1 N–H and O–H groups in total. The second-order valence-corrected chi connectivity index (χ2v) is 5.04. The third kappa shape index (κ3) is 2.65. The van der Waals surface area contributed by atoms with E-state index in [1.54, 1.807) is 18.4 Å². The average molecular weight is 312 g/mol. The minimum absolute atomic E-state index is 0.236. The fourth-order valence-corrected chi connectivity index (χ4v) is 2.34. The van der Waals surface area contributed by atoms with Crippen molar-refractivity contribution >= 4 is 15.9 Å². The van der Waals surface area contributed by atoms with Crippen LogP contribution in [0.15, 0.2) is 39.4 Å². The Kier molecular flexibility index (Phi) is 4.19. The molecule has 0 radical (unpaired) electrons. The normalized spacial score (nSPS) is 12.7. The van der Waals surface area contributed by atoms with Gasteiger partial charge in [-0.3, -0.25) is 0 Å². The van der Waals surface area contributed by atoms with Crippen molar-refractivity contribution in [2.45, 2.75) is 19.9 Å². The molecule has 4 heteroatoms. The Labute approximate surface area is 114 Å². The molecule has 0 fully saturated rings. The highest BCUT2D eigenvalue weighted by molar-refractivity contribution is 9.10. The minimum Gasteiger partial charge on any atom is -0.467 e. The van der Waals surface area contributed by atoms with Crippen molar-refractivity contribution in [1.29, 1.82) is 0 Å². The summed E-state index contributed by atoms with van der Waals surface area (Å²) in [6.07, 6.45) is 1.63. The fourth-order valence-electron chi connectivity index (χ4n) is 1.96. The van der Waals surface area contributed by atoms with Crippen LogP contribution in [0.5, 0.6) is 0 Å². The van der Waals surface area contributed by atoms with Crippen molar-refractivity contribution in [3.63, 3.8) is 0 Å². The summed E-state index contributed by atoms with van der Waals surface area (Å²) in [5, 5.41) is 3.26. The van der Waals surface area contributed by atoms with Crippen molar-refractivity contribution in [3.8, 4) is 0 Å². The summed E-state index contributed by atoms with van der Waals surface area (Å²) in [4.78, 5) is 0. The van der Waals surface area contributed by atoms with Gasteiger partial charge in [0.25, 0.3) is 0 Å². The molecule has 1 aromatic carbocycles. The zero-order valence-corrected chi connectivity index (χ0v) is 11.9. The number of aryl methyl sites for hydroxylation is 1. The van der Waals surface area contributed by atoms with Crippen LogP contribution in [0, 0.1) is 12.7 Å². The zero-order valence-electron chi connectivity index (χ0n) is 10.3. The first-order valence-corrected chi connectivity index (χ1v) is 6.65. The van der Waals surface area contributed by atoms with Gasteiger partial charge in [-0.05, 0) is 43.3 Å². The molecule has 0 aliphatic rings. The highest BCUT2D eigenvalue weighted by Crippen LogP contribution is 2.29. The summed E-state index contributed by atoms with van der Waals surface area (Å²) in [5.41, 5.74) is 1.60. The van der Waals surface area contributed by atoms with E-state index in [1.165, 1.54) is 6.07 Å². The molecule has 0 amide bonds. The van der Waals surface area contributed by atoms with Gasteiger partial charge >= 0.3 is 0 Å². The lowest BCUT2D eigenvalue weighted by atomic mass is 10.0. The van der Waals surface area contributed by atoms with Gasteiger partial charge in [-0.25, -0.2) is 4.39 Å². The predicted molar refractivity (Wildman–Crippen MR) is 73.1 cm³/mol. The van der Waals surface area contributed by atoms with Crippen molar-refractivity contribution in [2.24, 2.45) is 0 Å². The topological polar surface area (TPSA) is 25.2 Å². The van der Waals surface area contributed by atoms with Crippen molar-refractivity contribution < 1.29 is 8.81 Å². The van der Waals surface area contributed by atoms with Crippen LogP contribution in [0.4, 0.5) is 4.39 Å².